The molecule has 0 aliphatic carbocycles. The SMILES string of the molecule is Cc1cccc(Cc2cccc(C(CC(=O)O)NC(=O)Nc3c(O)c(C)cn(C)c3=O)c2)c1. The quantitative estimate of drug-likeness (QED) is 0.439. The Kier molecular flexibility index (Phi) is 7.17. The zero-order valence-electron chi connectivity index (χ0n) is 18.8. The summed E-state index contributed by atoms with van der Waals surface area (Å²) in [5.41, 5.74) is 3.44. The summed E-state index contributed by atoms with van der Waals surface area (Å²) >= 11 is 0. The van der Waals surface area contributed by atoms with Gasteiger partial charge < -0.3 is 25.4 Å². The number of nitrogens with zero attached hydrogens (tertiary/aromatic N) is 1. The number of aromatic hydroxyl groups is 1. The molecule has 8 heteroatoms. The van der Waals surface area contributed by atoms with Crippen molar-refractivity contribution < 1.29 is 19.8 Å². The molecule has 1 aromatic heterocycles. The topological polar surface area (TPSA) is 121 Å². The number of amides is 2. The van der Waals surface area contributed by atoms with Crippen LogP contribution in [0.5, 0.6) is 5.75 Å². The molecular formula is C25H27N3O5. The Morgan fingerprint density at radius 3 is 2.39 bits per heavy atom. The van der Waals surface area contributed by atoms with E-state index in [9.17, 15) is 24.6 Å². The van der Waals surface area contributed by atoms with Crippen molar-refractivity contribution in [2.45, 2.75) is 32.7 Å². The Hall–Kier alpha value is -4.07. The summed E-state index contributed by atoms with van der Waals surface area (Å²) in [4.78, 5) is 36.4. The first-order valence-corrected chi connectivity index (χ1v) is 10.5. The molecule has 1 unspecified atom stereocenters. The van der Waals surface area contributed by atoms with Crippen LogP contribution in [-0.4, -0.2) is 26.8 Å². The zero-order valence-corrected chi connectivity index (χ0v) is 18.8. The summed E-state index contributed by atoms with van der Waals surface area (Å²) in [6.45, 7) is 3.62. The molecule has 0 radical (unpaired) electrons. The number of hydrogen-bond acceptors (Lipinski definition) is 4. The van der Waals surface area contributed by atoms with E-state index >= 15 is 0 Å². The van der Waals surface area contributed by atoms with Crippen LogP contribution in [-0.2, 0) is 18.3 Å². The van der Waals surface area contributed by atoms with Crippen LogP contribution >= 0.6 is 0 Å². The number of carboxylic acids is 1. The summed E-state index contributed by atoms with van der Waals surface area (Å²) in [6.07, 6.45) is 1.77. The van der Waals surface area contributed by atoms with Crippen molar-refractivity contribution in [3.05, 3.63) is 92.9 Å². The number of carbonyl (C=O) groups is 2. The molecule has 2 aromatic carbocycles. The monoisotopic (exact) mass is 449 g/mol. The summed E-state index contributed by atoms with van der Waals surface area (Å²) in [7, 11) is 1.50. The van der Waals surface area contributed by atoms with Gasteiger partial charge in [-0.3, -0.25) is 9.59 Å². The number of anilines is 1. The van der Waals surface area contributed by atoms with Crippen LogP contribution in [0.2, 0.25) is 0 Å². The van der Waals surface area contributed by atoms with Crippen molar-refractivity contribution in [2.75, 3.05) is 5.32 Å². The van der Waals surface area contributed by atoms with Crippen molar-refractivity contribution >= 4 is 17.7 Å². The van der Waals surface area contributed by atoms with Gasteiger partial charge in [-0.15, -0.1) is 0 Å². The van der Waals surface area contributed by atoms with E-state index in [1.807, 2.05) is 43.3 Å². The lowest BCUT2D eigenvalue weighted by atomic mass is 9.97. The highest BCUT2D eigenvalue weighted by Gasteiger charge is 2.21. The second-order valence-electron chi connectivity index (χ2n) is 8.11. The van der Waals surface area contributed by atoms with E-state index < -0.39 is 23.6 Å². The Morgan fingerprint density at radius 1 is 1.06 bits per heavy atom. The van der Waals surface area contributed by atoms with Crippen LogP contribution in [0.15, 0.2) is 59.5 Å². The predicted octanol–water partition coefficient (Wildman–Crippen LogP) is 3.64. The number of urea groups is 1. The van der Waals surface area contributed by atoms with E-state index in [0.29, 0.717) is 17.5 Å². The first kappa shape index (κ1) is 23.6. The van der Waals surface area contributed by atoms with Gasteiger partial charge in [0.25, 0.3) is 5.56 Å². The van der Waals surface area contributed by atoms with Crippen molar-refractivity contribution in [2.24, 2.45) is 7.05 Å². The Bertz CT molecular complexity index is 1250. The fourth-order valence-electron chi connectivity index (χ4n) is 3.71. The number of carboxylic acid groups (broad SMARTS) is 1. The third-order valence-corrected chi connectivity index (χ3v) is 5.30. The lowest BCUT2D eigenvalue weighted by molar-refractivity contribution is -0.137. The Labute approximate surface area is 191 Å². The molecule has 0 aliphatic heterocycles. The molecule has 0 spiro atoms. The van der Waals surface area contributed by atoms with Gasteiger partial charge in [-0.05, 0) is 37.0 Å². The van der Waals surface area contributed by atoms with Gasteiger partial charge in [0.05, 0.1) is 12.5 Å². The van der Waals surface area contributed by atoms with Gasteiger partial charge >= 0.3 is 12.0 Å². The Morgan fingerprint density at radius 2 is 1.73 bits per heavy atom. The van der Waals surface area contributed by atoms with Gasteiger partial charge in [0.15, 0.2) is 5.69 Å². The molecule has 1 atom stereocenters. The maximum absolute atomic E-state index is 12.6. The van der Waals surface area contributed by atoms with E-state index in [4.69, 9.17) is 0 Å². The third kappa shape index (κ3) is 6.00. The van der Waals surface area contributed by atoms with E-state index in [2.05, 4.69) is 16.7 Å². The largest absolute Gasteiger partial charge is 0.505 e. The standard InChI is InChI=1S/C25H27N3O5/c1-15-6-4-7-17(10-15)11-18-8-5-9-19(12-18)20(13-21(29)30)26-25(33)27-22-23(31)16(2)14-28(3)24(22)32/h4-10,12,14,20,31H,11,13H2,1-3H3,(H,29,30)(H2,26,27,33). The normalized spacial score (nSPS) is 11.6. The lowest BCUT2D eigenvalue weighted by Crippen LogP contribution is -2.36. The number of aliphatic carboxylic acids is 1. The highest BCUT2D eigenvalue weighted by atomic mass is 16.4. The van der Waals surface area contributed by atoms with Crippen molar-refractivity contribution in [3.8, 4) is 5.75 Å². The van der Waals surface area contributed by atoms with Crippen LogP contribution in [0.1, 0.15) is 40.3 Å². The molecule has 0 aliphatic rings. The van der Waals surface area contributed by atoms with E-state index in [-0.39, 0.29) is 17.9 Å². The highest BCUT2D eigenvalue weighted by Crippen LogP contribution is 2.24. The fraction of sp³-hybridized carbons (Fsp3) is 0.240. The number of aromatic nitrogens is 1. The van der Waals surface area contributed by atoms with Gasteiger partial charge in [-0.25, -0.2) is 4.79 Å². The number of pyridine rings is 1. The minimum absolute atomic E-state index is 0.266. The lowest BCUT2D eigenvalue weighted by Gasteiger charge is -2.19. The third-order valence-electron chi connectivity index (χ3n) is 5.30. The van der Waals surface area contributed by atoms with Gasteiger partial charge in [-0.1, -0.05) is 54.1 Å². The zero-order chi connectivity index (χ0) is 24.1. The summed E-state index contributed by atoms with van der Waals surface area (Å²) in [6, 6.07) is 13.9. The maximum Gasteiger partial charge on any atom is 0.319 e. The molecule has 33 heavy (non-hydrogen) atoms. The minimum Gasteiger partial charge on any atom is -0.505 e. The second-order valence-corrected chi connectivity index (χ2v) is 8.11. The molecule has 0 fully saturated rings. The highest BCUT2D eigenvalue weighted by molar-refractivity contribution is 5.91. The van der Waals surface area contributed by atoms with Crippen molar-refractivity contribution in [1.82, 2.24) is 9.88 Å². The molecule has 172 valence electrons. The first-order chi connectivity index (χ1) is 15.6. The number of aryl methyl sites for hydroxylation is 3. The molecule has 1 heterocycles. The molecular weight excluding hydrogens is 422 g/mol. The first-order valence-electron chi connectivity index (χ1n) is 10.5. The fourth-order valence-corrected chi connectivity index (χ4v) is 3.71. The van der Waals surface area contributed by atoms with E-state index in [1.165, 1.54) is 17.8 Å². The average molecular weight is 450 g/mol. The average Bonchev–Trinajstić information content (AvgIpc) is 2.75. The summed E-state index contributed by atoms with van der Waals surface area (Å²) in [5, 5.41) is 24.6. The van der Waals surface area contributed by atoms with Crippen LogP contribution in [0.25, 0.3) is 0 Å². The number of hydrogen-bond donors (Lipinski definition) is 4. The number of carbonyl (C=O) groups excluding carboxylic acids is 1. The van der Waals surface area contributed by atoms with Crippen LogP contribution in [0.3, 0.4) is 0 Å². The van der Waals surface area contributed by atoms with Gasteiger partial charge in [0, 0.05) is 18.8 Å². The molecule has 2 amide bonds. The minimum atomic E-state index is -1.08. The summed E-state index contributed by atoms with van der Waals surface area (Å²) < 4.78 is 1.24. The molecule has 3 aromatic rings. The molecule has 0 bridgehead atoms. The Balaban J connectivity index is 1.83. The smallest absolute Gasteiger partial charge is 0.319 e. The maximum atomic E-state index is 12.6. The van der Waals surface area contributed by atoms with Crippen LogP contribution < -0.4 is 16.2 Å². The molecule has 3 rings (SSSR count). The number of benzene rings is 2. The van der Waals surface area contributed by atoms with E-state index in [0.717, 1.165) is 16.7 Å². The molecule has 8 nitrogen and oxygen atoms in total. The predicted molar refractivity (Wildman–Crippen MR) is 126 cm³/mol. The number of rotatable bonds is 7. The van der Waals surface area contributed by atoms with Crippen LogP contribution in [0, 0.1) is 13.8 Å². The van der Waals surface area contributed by atoms with Gasteiger partial charge in [-0.2, -0.15) is 0 Å². The van der Waals surface area contributed by atoms with Crippen LogP contribution in [0.4, 0.5) is 10.5 Å². The van der Waals surface area contributed by atoms with Crippen molar-refractivity contribution in [3.63, 3.8) is 0 Å². The molecule has 0 saturated heterocycles. The summed E-state index contributed by atoms with van der Waals surface area (Å²) in [5.74, 6) is -1.41. The second kappa shape index (κ2) is 10.0. The van der Waals surface area contributed by atoms with Gasteiger partial charge in [0.1, 0.15) is 5.75 Å². The van der Waals surface area contributed by atoms with Crippen molar-refractivity contribution in [1.29, 1.82) is 0 Å². The molecule has 0 saturated carbocycles. The van der Waals surface area contributed by atoms with E-state index in [1.54, 1.807) is 13.0 Å². The van der Waals surface area contributed by atoms with Gasteiger partial charge in [0.2, 0.25) is 0 Å². The number of nitrogens with one attached hydrogen (secondary N) is 2. The molecule has 4 N–H and O–H groups in total.